The summed E-state index contributed by atoms with van der Waals surface area (Å²) in [7, 11) is 0. The molecule has 0 atom stereocenters. The summed E-state index contributed by atoms with van der Waals surface area (Å²) < 4.78 is 12.8. The summed E-state index contributed by atoms with van der Waals surface area (Å²) in [5.74, 6) is -0.0876. The fraction of sp³-hybridized carbons (Fsp3) is 0. The number of para-hydroxylation sites is 1. The minimum atomic E-state index is -0.254. The molecule has 3 heteroatoms. The Bertz CT molecular complexity index is 779. The van der Waals surface area contributed by atoms with Gasteiger partial charge in [-0.15, -0.1) is 0 Å². The van der Waals surface area contributed by atoms with Gasteiger partial charge in [0.25, 0.3) is 0 Å². The second-order valence-electron chi connectivity index (χ2n) is 4.47. The fourth-order valence-corrected chi connectivity index (χ4v) is 1.99. The van der Waals surface area contributed by atoms with E-state index in [0.29, 0.717) is 5.52 Å². The topological polar surface area (TPSA) is 33.1 Å². The van der Waals surface area contributed by atoms with Crippen molar-refractivity contribution < 1.29 is 9.50 Å². The second-order valence-corrected chi connectivity index (χ2v) is 4.47. The molecule has 0 spiro atoms. The van der Waals surface area contributed by atoms with Crippen LogP contribution in [0.25, 0.3) is 23.1 Å². The number of nitrogens with zero attached hydrogens (tertiary/aromatic N) is 1. The molecule has 0 bridgehead atoms. The quantitative estimate of drug-likeness (QED) is 0.751. The summed E-state index contributed by atoms with van der Waals surface area (Å²) in [4.78, 5) is 4.40. The van der Waals surface area contributed by atoms with Crippen LogP contribution in [0.3, 0.4) is 0 Å². The van der Waals surface area contributed by atoms with Crippen LogP contribution in [0, 0.1) is 5.82 Å². The van der Waals surface area contributed by atoms with Crippen LogP contribution in [0.4, 0.5) is 4.39 Å². The molecule has 0 unspecified atom stereocenters. The first-order valence-corrected chi connectivity index (χ1v) is 6.25. The van der Waals surface area contributed by atoms with Crippen LogP contribution in [0.2, 0.25) is 0 Å². The highest BCUT2D eigenvalue weighted by Gasteiger charge is 2.00. The lowest BCUT2D eigenvalue weighted by molar-refractivity contribution is 0.480. The molecule has 0 aliphatic heterocycles. The van der Waals surface area contributed by atoms with Crippen molar-refractivity contribution in [2.24, 2.45) is 0 Å². The molecule has 0 aliphatic rings. The zero-order valence-electron chi connectivity index (χ0n) is 10.6. The van der Waals surface area contributed by atoms with E-state index in [1.807, 2.05) is 30.4 Å². The summed E-state index contributed by atoms with van der Waals surface area (Å²) in [6.07, 6.45) is 3.69. The van der Waals surface area contributed by atoms with Gasteiger partial charge >= 0.3 is 0 Å². The maximum absolute atomic E-state index is 12.8. The molecule has 1 heterocycles. The smallest absolute Gasteiger partial charge is 0.141 e. The van der Waals surface area contributed by atoms with Crippen molar-refractivity contribution in [3.8, 4) is 5.75 Å². The van der Waals surface area contributed by atoms with Crippen LogP contribution in [-0.4, -0.2) is 10.1 Å². The van der Waals surface area contributed by atoms with Gasteiger partial charge in [-0.25, -0.2) is 9.37 Å². The van der Waals surface area contributed by atoms with E-state index in [-0.39, 0.29) is 11.6 Å². The molecule has 0 aliphatic carbocycles. The lowest BCUT2D eigenvalue weighted by Gasteiger charge is -2.01. The maximum atomic E-state index is 12.8. The van der Waals surface area contributed by atoms with Gasteiger partial charge in [-0.3, -0.25) is 0 Å². The molecule has 1 aromatic heterocycles. The van der Waals surface area contributed by atoms with Crippen LogP contribution in [0.1, 0.15) is 11.3 Å². The zero-order chi connectivity index (χ0) is 13.9. The van der Waals surface area contributed by atoms with E-state index < -0.39 is 0 Å². The van der Waals surface area contributed by atoms with Gasteiger partial charge in [0, 0.05) is 5.39 Å². The molecule has 3 aromatic rings. The van der Waals surface area contributed by atoms with E-state index in [1.54, 1.807) is 24.3 Å². The summed E-state index contributed by atoms with van der Waals surface area (Å²) in [6.45, 7) is 0. The first-order valence-electron chi connectivity index (χ1n) is 6.25. The Balaban J connectivity index is 1.94. The number of pyridine rings is 1. The minimum Gasteiger partial charge on any atom is -0.506 e. The highest BCUT2D eigenvalue weighted by molar-refractivity contribution is 5.85. The number of hydrogen-bond acceptors (Lipinski definition) is 2. The summed E-state index contributed by atoms with van der Waals surface area (Å²) in [5, 5.41) is 10.7. The van der Waals surface area contributed by atoms with E-state index >= 15 is 0 Å². The first-order chi connectivity index (χ1) is 9.72. The molecule has 98 valence electrons. The van der Waals surface area contributed by atoms with E-state index in [2.05, 4.69) is 4.98 Å². The van der Waals surface area contributed by atoms with Gasteiger partial charge in [0.2, 0.25) is 0 Å². The van der Waals surface area contributed by atoms with Crippen molar-refractivity contribution in [1.82, 2.24) is 4.98 Å². The Morgan fingerprint density at radius 3 is 2.50 bits per heavy atom. The number of aromatic nitrogens is 1. The number of fused-ring (bicyclic) bond motifs is 1. The second kappa shape index (κ2) is 5.13. The fourth-order valence-electron chi connectivity index (χ4n) is 1.99. The monoisotopic (exact) mass is 265 g/mol. The Hall–Kier alpha value is -2.68. The SMILES string of the molecule is Oc1cccc2ccc(/C=C/c3ccc(F)cc3)nc12. The Labute approximate surface area is 115 Å². The molecule has 1 N–H and O–H groups in total. The Kier molecular flexibility index (Phi) is 3.17. The Morgan fingerprint density at radius 2 is 1.70 bits per heavy atom. The van der Waals surface area contributed by atoms with Crippen molar-refractivity contribution in [3.63, 3.8) is 0 Å². The number of rotatable bonds is 2. The molecule has 0 radical (unpaired) electrons. The predicted molar refractivity (Wildman–Crippen MR) is 78.7 cm³/mol. The molecule has 2 aromatic carbocycles. The van der Waals surface area contributed by atoms with Crippen molar-refractivity contribution >= 4 is 23.1 Å². The van der Waals surface area contributed by atoms with Crippen molar-refractivity contribution in [2.45, 2.75) is 0 Å². The van der Waals surface area contributed by atoms with Crippen molar-refractivity contribution in [3.05, 3.63) is 71.7 Å². The molecule has 0 fully saturated rings. The van der Waals surface area contributed by atoms with E-state index in [4.69, 9.17) is 0 Å². The van der Waals surface area contributed by atoms with Crippen LogP contribution in [0.15, 0.2) is 54.6 Å². The van der Waals surface area contributed by atoms with Gasteiger partial charge in [-0.1, -0.05) is 36.4 Å². The van der Waals surface area contributed by atoms with Crippen molar-refractivity contribution in [1.29, 1.82) is 0 Å². The standard InChI is InChI=1S/C17H12FNO/c18-14-8-4-12(5-9-14)6-10-15-11-7-13-2-1-3-16(20)17(13)19-15/h1-11,20H/b10-6+. The lowest BCUT2D eigenvalue weighted by Crippen LogP contribution is -1.83. The van der Waals surface area contributed by atoms with E-state index in [9.17, 15) is 9.50 Å². The van der Waals surface area contributed by atoms with Gasteiger partial charge in [0.1, 0.15) is 17.1 Å². The molecule has 0 amide bonds. The molecule has 20 heavy (non-hydrogen) atoms. The number of aromatic hydroxyl groups is 1. The van der Waals surface area contributed by atoms with Gasteiger partial charge in [0.05, 0.1) is 5.69 Å². The minimum absolute atomic E-state index is 0.166. The number of halogens is 1. The normalized spacial score (nSPS) is 11.2. The summed E-state index contributed by atoms with van der Waals surface area (Å²) in [6, 6.07) is 15.3. The molecule has 3 rings (SSSR count). The third-order valence-electron chi connectivity index (χ3n) is 3.04. The molecular weight excluding hydrogens is 253 g/mol. The third-order valence-corrected chi connectivity index (χ3v) is 3.04. The average molecular weight is 265 g/mol. The van der Waals surface area contributed by atoms with Crippen LogP contribution >= 0.6 is 0 Å². The predicted octanol–water partition coefficient (Wildman–Crippen LogP) is 4.25. The zero-order valence-corrected chi connectivity index (χ0v) is 10.6. The van der Waals surface area contributed by atoms with Gasteiger partial charge in [-0.05, 0) is 35.9 Å². The number of phenols is 1. The molecule has 0 saturated heterocycles. The van der Waals surface area contributed by atoms with Gasteiger partial charge in [-0.2, -0.15) is 0 Å². The maximum Gasteiger partial charge on any atom is 0.141 e. The lowest BCUT2D eigenvalue weighted by atomic mass is 10.1. The number of phenolic OH excluding ortho intramolecular Hbond substituents is 1. The molecular formula is C17H12FNO. The van der Waals surface area contributed by atoms with Gasteiger partial charge < -0.3 is 5.11 Å². The molecule has 0 saturated carbocycles. The first kappa shape index (κ1) is 12.4. The van der Waals surface area contributed by atoms with Crippen molar-refractivity contribution in [2.75, 3.05) is 0 Å². The van der Waals surface area contributed by atoms with E-state index in [1.165, 1.54) is 12.1 Å². The summed E-state index contributed by atoms with van der Waals surface area (Å²) >= 11 is 0. The highest BCUT2D eigenvalue weighted by Crippen LogP contribution is 2.22. The van der Waals surface area contributed by atoms with Crippen LogP contribution in [0.5, 0.6) is 5.75 Å². The summed E-state index contributed by atoms with van der Waals surface area (Å²) in [5.41, 5.74) is 2.21. The van der Waals surface area contributed by atoms with E-state index in [0.717, 1.165) is 16.6 Å². The molecule has 2 nitrogen and oxygen atoms in total. The number of hydrogen-bond donors (Lipinski definition) is 1. The highest BCUT2D eigenvalue weighted by atomic mass is 19.1. The Morgan fingerprint density at radius 1 is 0.900 bits per heavy atom. The van der Waals surface area contributed by atoms with Gasteiger partial charge in [0.15, 0.2) is 0 Å². The average Bonchev–Trinajstić information content (AvgIpc) is 2.47. The number of benzene rings is 2. The van der Waals surface area contributed by atoms with Crippen LogP contribution in [-0.2, 0) is 0 Å². The van der Waals surface area contributed by atoms with Crippen LogP contribution < -0.4 is 0 Å². The third kappa shape index (κ3) is 2.52. The largest absolute Gasteiger partial charge is 0.506 e.